The Labute approximate surface area is 200 Å². The highest BCUT2D eigenvalue weighted by molar-refractivity contribution is 5.72. The summed E-state index contributed by atoms with van der Waals surface area (Å²) >= 11 is 0. The van der Waals surface area contributed by atoms with Crippen LogP contribution in [0.5, 0.6) is 34.8 Å². The molecule has 5 aromatic rings. The van der Waals surface area contributed by atoms with Gasteiger partial charge in [-0.05, 0) is 60.2 Å². The van der Waals surface area contributed by atoms with Gasteiger partial charge < -0.3 is 25.7 Å². The van der Waals surface area contributed by atoms with E-state index in [9.17, 15) is 0 Å². The summed E-state index contributed by atoms with van der Waals surface area (Å²) < 4.78 is 17.8. The highest BCUT2D eigenvalue weighted by Gasteiger charge is 2.11. The Kier molecular flexibility index (Phi) is 6.03. The summed E-state index contributed by atoms with van der Waals surface area (Å²) in [4.78, 5) is 0. The molecule has 0 radical (unpaired) electrons. The smallest absolute Gasteiger partial charge is 0.238 e. The van der Waals surface area contributed by atoms with Crippen LogP contribution in [0, 0.1) is 0 Å². The monoisotopic (exact) mass is 464 g/mol. The van der Waals surface area contributed by atoms with Crippen molar-refractivity contribution >= 4 is 11.6 Å². The Hall–Kier alpha value is -5.18. The van der Waals surface area contributed by atoms with Crippen LogP contribution in [0.3, 0.4) is 0 Å². The molecule has 4 N–H and O–H groups in total. The Morgan fingerprint density at radius 3 is 1.60 bits per heavy atom. The van der Waals surface area contributed by atoms with Crippen molar-refractivity contribution < 1.29 is 14.2 Å². The zero-order valence-corrected chi connectivity index (χ0v) is 18.4. The number of benzene rings is 3. The quantitative estimate of drug-likeness (QED) is 0.321. The molecular weight excluding hydrogens is 444 g/mol. The maximum Gasteiger partial charge on any atom is 0.238 e. The van der Waals surface area contributed by atoms with Gasteiger partial charge in [0.15, 0.2) is 0 Å². The van der Waals surface area contributed by atoms with Gasteiger partial charge in [-0.15, -0.1) is 20.4 Å². The van der Waals surface area contributed by atoms with Gasteiger partial charge in [0.25, 0.3) is 0 Å². The van der Waals surface area contributed by atoms with Crippen LogP contribution in [0.2, 0.25) is 0 Å². The zero-order valence-electron chi connectivity index (χ0n) is 18.4. The molecule has 5 rings (SSSR count). The first-order valence-corrected chi connectivity index (χ1v) is 10.6. The predicted octanol–water partition coefficient (Wildman–Crippen LogP) is 5.47. The number of hydrogen-bond donors (Lipinski definition) is 2. The minimum Gasteiger partial charge on any atom is -0.457 e. The predicted molar refractivity (Wildman–Crippen MR) is 131 cm³/mol. The third-order valence-electron chi connectivity index (χ3n) is 4.85. The number of ether oxygens (including phenoxy) is 3. The second kappa shape index (κ2) is 9.75. The Bertz CT molecular complexity index is 1410. The number of hydrogen-bond acceptors (Lipinski definition) is 9. The third kappa shape index (κ3) is 5.42. The average molecular weight is 464 g/mol. The van der Waals surface area contributed by atoms with Gasteiger partial charge >= 0.3 is 0 Å². The molecule has 0 aliphatic carbocycles. The fraction of sp³-hybridized carbons (Fsp3) is 0. The van der Waals surface area contributed by atoms with Gasteiger partial charge in [0.2, 0.25) is 11.8 Å². The molecule has 0 fully saturated rings. The lowest BCUT2D eigenvalue weighted by molar-refractivity contribution is 0.448. The first kappa shape index (κ1) is 21.7. The second-order valence-corrected chi connectivity index (χ2v) is 7.39. The molecule has 0 amide bonds. The molecule has 35 heavy (non-hydrogen) atoms. The minimum atomic E-state index is 0.323. The van der Waals surface area contributed by atoms with Crippen molar-refractivity contribution in [2.24, 2.45) is 0 Å². The average Bonchev–Trinajstić information content (AvgIpc) is 2.89. The maximum atomic E-state index is 6.21. The van der Waals surface area contributed by atoms with E-state index in [0.717, 1.165) is 11.1 Å². The summed E-state index contributed by atoms with van der Waals surface area (Å²) in [6.07, 6.45) is 0. The van der Waals surface area contributed by atoms with Gasteiger partial charge in [-0.2, -0.15) is 0 Å². The van der Waals surface area contributed by atoms with Crippen molar-refractivity contribution in [2.75, 3.05) is 11.5 Å². The maximum absolute atomic E-state index is 6.21. The van der Waals surface area contributed by atoms with Crippen molar-refractivity contribution in [2.45, 2.75) is 0 Å². The highest BCUT2D eigenvalue weighted by Crippen LogP contribution is 2.37. The molecule has 0 aliphatic heterocycles. The van der Waals surface area contributed by atoms with Crippen LogP contribution in [0.25, 0.3) is 11.1 Å². The molecule has 172 valence electrons. The van der Waals surface area contributed by atoms with E-state index in [1.54, 1.807) is 42.5 Å². The summed E-state index contributed by atoms with van der Waals surface area (Å²) in [5, 5.41) is 15.5. The van der Waals surface area contributed by atoms with Gasteiger partial charge in [-0.3, -0.25) is 0 Å². The van der Waals surface area contributed by atoms with Crippen molar-refractivity contribution in [3.8, 4) is 45.9 Å². The highest BCUT2D eigenvalue weighted by atomic mass is 16.5. The topological polar surface area (TPSA) is 131 Å². The van der Waals surface area contributed by atoms with Crippen molar-refractivity contribution in [1.82, 2.24) is 20.4 Å². The van der Waals surface area contributed by atoms with E-state index in [-0.39, 0.29) is 0 Å². The van der Waals surface area contributed by atoms with E-state index in [1.807, 2.05) is 54.6 Å². The van der Waals surface area contributed by atoms with Crippen molar-refractivity contribution in [1.29, 1.82) is 0 Å². The van der Waals surface area contributed by atoms with Crippen LogP contribution in [0.1, 0.15) is 0 Å². The van der Waals surface area contributed by atoms with Gasteiger partial charge in [0.1, 0.15) is 34.6 Å². The lowest BCUT2D eigenvalue weighted by Crippen LogP contribution is -1.96. The Balaban J connectivity index is 1.38. The largest absolute Gasteiger partial charge is 0.457 e. The molecule has 2 heterocycles. The van der Waals surface area contributed by atoms with E-state index in [2.05, 4.69) is 20.4 Å². The van der Waals surface area contributed by atoms with Gasteiger partial charge in [-0.25, -0.2) is 0 Å². The van der Waals surface area contributed by atoms with Crippen molar-refractivity contribution in [3.63, 3.8) is 0 Å². The molecule has 0 saturated carbocycles. The van der Waals surface area contributed by atoms with Gasteiger partial charge in [0, 0.05) is 17.7 Å². The Morgan fingerprint density at radius 2 is 1.03 bits per heavy atom. The van der Waals surface area contributed by atoms with Crippen LogP contribution < -0.4 is 25.7 Å². The van der Waals surface area contributed by atoms with Crippen LogP contribution in [0.4, 0.5) is 11.6 Å². The summed E-state index contributed by atoms with van der Waals surface area (Å²) in [6, 6.07) is 29.2. The number of anilines is 2. The molecule has 3 aromatic carbocycles. The van der Waals surface area contributed by atoms with E-state index in [0.29, 0.717) is 46.4 Å². The number of rotatable bonds is 7. The first-order chi connectivity index (χ1) is 17.1. The molecule has 9 heteroatoms. The van der Waals surface area contributed by atoms with E-state index >= 15 is 0 Å². The van der Waals surface area contributed by atoms with Crippen LogP contribution in [-0.4, -0.2) is 20.4 Å². The molecule has 0 aliphatic rings. The number of nitrogens with zero attached hydrogens (tertiary/aromatic N) is 4. The lowest BCUT2D eigenvalue weighted by Gasteiger charge is -2.14. The molecule has 2 aromatic heterocycles. The third-order valence-corrected chi connectivity index (χ3v) is 4.85. The molecule has 0 saturated heterocycles. The SMILES string of the molecule is Nc1ccc(Oc2ccc(Oc3ccc(Oc4ccc(N)nn4)cc3-c3ccccc3)cc2)nn1. The second-order valence-electron chi connectivity index (χ2n) is 7.39. The number of nitrogens with two attached hydrogens (primary N) is 2. The molecule has 0 bridgehead atoms. The first-order valence-electron chi connectivity index (χ1n) is 10.6. The van der Waals surface area contributed by atoms with Crippen LogP contribution >= 0.6 is 0 Å². The molecule has 0 atom stereocenters. The standard InChI is InChI=1S/C26H20N6O3/c27-23-12-14-25(31-29-23)34-19-8-6-18(7-9-19)33-22-11-10-20(35-26-15-13-24(28)30-32-26)16-21(22)17-4-2-1-3-5-17/h1-16H,(H2,27,29)(H2,28,30). The summed E-state index contributed by atoms with van der Waals surface area (Å²) in [5.41, 5.74) is 13.0. The zero-order chi connectivity index (χ0) is 24.0. The summed E-state index contributed by atoms with van der Waals surface area (Å²) in [7, 11) is 0. The summed E-state index contributed by atoms with van der Waals surface area (Å²) in [6.45, 7) is 0. The van der Waals surface area contributed by atoms with Gasteiger partial charge in [-0.1, -0.05) is 30.3 Å². The van der Waals surface area contributed by atoms with E-state index in [4.69, 9.17) is 25.7 Å². The van der Waals surface area contributed by atoms with Crippen LogP contribution in [0.15, 0.2) is 97.1 Å². The van der Waals surface area contributed by atoms with Crippen molar-refractivity contribution in [3.05, 3.63) is 97.1 Å². The Morgan fingerprint density at radius 1 is 0.486 bits per heavy atom. The molecule has 0 spiro atoms. The van der Waals surface area contributed by atoms with E-state index < -0.39 is 0 Å². The molecular formula is C26H20N6O3. The number of aromatic nitrogens is 4. The minimum absolute atomic E-state index is 0.323. The fourth-order valence-electron chi connectivity index (χ4n) is 3.22. The molecule has 9 nitrogen and oxygen atoms in total. The van der Waals surface area contributed by atoms with Crippen LogP contribution in [-0.2, 0) is 0 Å². The normalized spacial score (nSPS) is 10.5. The molecule has 0 unspecified atom stereocenters. The lowest BCUT2D eigenvalue weighted by atomic mass is 10.0. The summed E-state index contributed by atoms with van der Waals surface area (Å²) in [5.74, 6) is 3.81. The number of nitrogen functional groups attached to an aromatic ring is 2. The fourth-order valence-corrected chi connectivity index (χ4v) is 3.22. The van der Waals surface area contributed by atoms with E-state index in [1.165, 1.54) is 0 Å². The van der Waals surface area contributed by atoms with Gasteiger partial charge in [0.05, 0.1) is 0 Å².